The lowest BCUT2D eigenvalue weighted by Crippen LogP contribution is -2.22. The van der Waals surface area contributed by atoms with Gasteiger partial charge in [-0.05, 0) is 37.1 Å². The van der Waals surface area contributed by atoms with E-state index in [9.17, 15) is 5.11 Å². The Bertz CT molecular complexity index is 467. The summed E-state index contributed by atoms with van der Waals surface area (Å²) in [7, 11) is 0. The normalized spacial score (nSPS) is 12.5. The van der Waals surface area contributed by atoms with Crippen LogP contribution in [0.2, 0.25) is 0 Å². The number of benzene rings is 1. The minimum atomic E-state index is 0.309. The molecule has 0 aliphatic carbocycles. The van der Waals surface area contributed by atoms with Gasteiger partial charge in [-0.25, -0.2) is 4.98 Å². The van der Waals surface area contributed by atoms with E-state index in [2.05, 4.69) is 27.4 Å². The van der Waals surface area contributed by atoms with Crippen molar-refractivity contribution in [2.75, 3.05) is 6.54 Å². The van der Waals surface area contributed by atoms with Crippen LogP contribution in [-0.2, 0) is 6.42 Å². The standard InChI is InChI=1S/C14H20N4O/c1-2-13(11-5-7-12(19)8-6-11)15-9-3-4-14-16-10-17-18-14/h5-8,10,13,15,19H,2-4,9H2,1H3,(H,16,17,18). The van der Waals surface area contributed by atoms with E-state index in [0.717, 1.165) is 31.6 Å². The van der Waals surface area contributed by atoms with Gasteiger partial charge in [-0.15, -0.1) is 0 Å². The highest BCUT2D eigenvalue weighted by Gasteiger charge is 2.08. The van der Waals surface area contributed by atoms with Crippen LogP contribution in [0.5, 0.6) is 5.75 Å². The van der Waals surface area contributed by atoms with E-state index in [0.29, 0.717) is 11.8 Å². The Morgan fingerprint density at radius 1 is 1.32 bits per heavy atom. The molecule has 19 heavy (non-hydrogen) atoms. The number of hydrogen-bond acceptors (Lipinski definition) is 4. The number of phenolic OH excluding ortho intramolecular Hbond substituents is 1. The molecule has 1 heterocycles. The van der Waals surface area contributed by atoms with Crippen molar-refractivity contribution in [3.63, 3.8) is 0 Å². The topological polar surface area (TPSA) is 73.8 Å². The van der Waals surface area contributed by atoms with E-state index in [1.807, 2.05) is 12.1 Å². The second-order valence-electron chi connectivity index (χ2n) is 4.54. The van der Waals surface area contributed by atoms with Crippen LogP contribution < -0.4 is 5.32 Å². The van der Waals surface area contributed by atoms with Crippen LogP contribution in [0.4, 0.5) is 0 Å². The van der Waals surface area contributed by atoms with E-state index in [4.69, 9.17) is 0 Å². The third kappa shape index (κ3) is 4.06. The zero-order chi connectivity index (χ0) is 13.5. The third-order valence-electron chi connectivity index (χ3n) is 3.15. The second-order valence-corrected chi connectivity index (χ2v) is 4.54. The molecule has 5 heteroatoms. The Hall–Kier alpha value is -1.88. The SMILES string of the molecule is CCC(NCCCc1ncn[nH]1)c1ccc(O)cc1. The number of nitrogens with one attached hydrogen (secondary N) is 2. The monoisotopic (exact) mass is 260 g/mol. The first-order valence-electron chi connectivity index (χ1n) is 6.66. The molecule has 0 aliphatic heterocycles. The number of aryl methyl sites for hydroxylation is 1. The maximum atomic E-state index is 9.29. The summed E-state index contributed by atoms with van der Waals surface area (Å²) in [6.45, 7) is 3.08. The molecule has 0 bridgehead atoms. The fraction of sp³-hybridized carbons (Fsp3) is 0.429. The molecule has 0 radical (unpaired) electrons. The first kappa shape index (κ1) is 13.5. The Kier molecular flexibility index (Phi) is 4.92. The van der Waals surface area contributed by atoms with Crippen LogP contribution in [-0.4, -0.2) is 26.8 Å². The number of aromatic hydroxyl groups is 1. The first-order chi connectivity index (χ1) is 9.29. The zero-order valence-corrected chi connectivity index (χ0v) is 11.1. The van der Waals surface area contributed by atoms with Crippen LogP contribution in [0.3, 0.4) is 0 Å². The molecule has 1 unspecified atom stereocenters. The van der Waals surface area contributed by atoms with Crippen molar-refractivity contribution in [1.82, 2.24) is 20.5 Å². The van der Waals surface area contributed by atoms with Gasteiger partial charge in [-0.1, -0.05) is 19.1 Å². The Morgan fingerprint density at radius 2 is 2.11 bits per heavy atom. The highest BCUT2D eigenvalue weighted by atomic mass is 16.3. The molecule has 0 spiro atoms. The van der Waals surface area contributed by atoms with Crippen molar-refractivity contribution >= 4 is 0 Å². The van der Waals surface area contributed by atoms with Crippen LogP contribution in [0, 0.1) is 0 Å². The Labute approximate surface area is 113 Å². The van der Waals surface area contributed by atoms with E-state index in [1.54, 1.807) is 12.1 Å². The summed E-state index contributed by atoms with van der Waals surface area (Å²) in [5.74, 6) is 1.24. The zero-order valence-electron chi connectivity index (χ0n) is 11.1. The van der Waals surface area contributed by atoms with Gasteiger partial charge in [-0.2, -0.15) is 5.10 Å². The molecule has 0 saturated heterocycles. The highest BCUT2D eigenvalue weighted by molar-refractivity contribution is 5.27. The van der Waals surface area contributed by atoms with Crippen molar-refractivity contribution in [2.24, 2.45) is 0 Å². The smallest absolute Gasteiger partial charge is 0.137 e. The second kappa shape index (κ2) is 6.89. The lowest BCUT2D eigenvalue weighted by Gasteiger charge is -2.17. The third-order valence-corrected chi connectivity index (χ3v) is 3.15. The summed E-state index contributed by atoms with van der Waals surface area (Å²) in [5, 5.41) is 19.5. The molecular formula is C14H20N4O. The van der Waals surface area contributed by atoms with E-state index in [-0.39, 0.29) is 0 Å². The number of hydrogen-bond donors (Lipinski definition) is 3. The number of aromatic nitrogens is 3. The number of rotatable bonds is 7. The maximum absolute atomic E-state index is 9.29. The van der Waals surface area contributed by atoms with Crippen molar-refractivity contribution < 1.29 is 5.11 Å². The van der Waals surface area contributed by atoms with Gasteiger partial charge in [0.25, 0.3) is 0 Å². The molecule has 0 amide bonds. The minimum absolute atomic E-state index is 0.309. The number of nitrogens with zero attached hydrogens (tertiary/aromatic N) is 2. The fourth-order valence-corrected chi connectivity index (χ4v) is 2.09. The van der Waals surface area contributed by atoms with Gasteiger partial charge in [0, 0.05) is 12.5 Å². The summed E-state index contributed by atoms with van der Waals surface area (Å²) < 4.78 is 0. The molecule has 5 nitrogen and oxygen atoms in total. The molecule has 1 aromatic carbocycles. The van der Waals surface area contributed by atoms with Gasteiger partial charge in [0.2, 0.25) is 0 Å². The summed E-state index contributed by atoms with van der Waals surface area (Å²) in [4.78, 5) is 4.10. The highest BCUT2D eigenvalue weighted by Crippen LogP contribution is 2.19. The van der Waals surface area contributed by atoms with Crippen molar-refractivity contribution in [3.8, 4) is 5.75 Å². The van der Waals surface area contributed by atoms with Crippen molar-refractivity contribution in [1.29, 1.82) is 0 Å². The molecule has 2 rings (SSSR count). The minimum Gasteiger partial charge on any atom is -0.508 e. The van der Waals surface area contributed by atoms with Crippen LogP contribution in [0.1, 0.15) is 37.2 Å². The quantitative estimate of drug-likeness (QED) is 0.667. The molecule has 0 aliphatic rings. The molecule has 0 fully saturated rings. The predicted molar refractivity (Wildman–Crippen MR) is 73.8 cm³/mol. The predicted octanol–water partition coefficient (Wildman–Crippen LogP) is 2.18. The van der Waals surface area contributed by atoms with E-state index in [1.165, 1.54) is 11.9 Å². The van der Waals surface area contributed by atoms with Crippen LogP contribution >= 0.6 is 0 Å². The molecule has 3 N–H and O–H groups in total. The first-order valence-corrected chi connectivity index (χ1v) is 6.66. The molecular weight excluding hydrogens is 240 g/mol. The van der Waals surface area contributed by atoms with E-state index < -0.39 is 0 Å². The summed E-state index contributed by atoms with van der Waals surface area (Å²) in [6.07, 6.45) is 4.48. The number of aromatic amines is 1. The Balaban J connectivity index is 1.77. The van der Waals surface area contributed by atoms with Gasteiger partial charge in [-0.3, -0.25) is 5.10 Å². The summed E-state index contributed by atoms with van der Waals surface area (Å²) in [6, 6.07) is 7.72. The average molecular weight is 260 g/mol. The summed E-state index contributed by atoms with van der Waals surface area (Å²) in [5.41, 5.74) is 1.21. The van der Waals surface area contributed by atoms with Crippen LogP contribution in [0.25, 0.3) is 0 Å². The molecule has 2 aromatic rings. The molecule has 0 saturated carbocycles. The summed E-state index contributed by atoms with van der Waals surface area (Å²) >= 11 is 0. The fourth-order valence-electron chi connectivity index (χ4n) is 2.09. The van der Waals surface area contributed by atoms with Crippen molar-refractivity contribution in [3.05, 3.63) is 42.0 Å². The lowest BCUT2D eigenvalue weighted by atomic mass is 10.0. The maximum Gasteiger partial charge on any atom is 0.137 e. The molecule has 102 valence electrons. The van der Waals surface area contributed by atoms with Crippen molar-refractivity contribution in [2.45, 2.75) is 32.2 Å². The van der Waals surface area contributed by atoms with Gasteiger partial charge in [0.05, 0.1) is 0 Å². The van der Waals surface area contributed by atoms with E-state index >= 15 is 0 Å². The van der Waals surface area contributed by atoms with Gasteiger partial charge < -0.3 is 10.4 Å². The lowest BCUT2D eigenvalue weighted by molar-refractivity contribution is 0.472. The number of phenols is 1. The molecule has 1 aromatic heterocycles. The number of H-pyrrole nitrogens is 1. The largest absolute Gasteiger partial charge is 0.508 e. The average Bonchev–Trinajstić information content (AvgIpc) is 2.93. The Morgan fingerprint density at radius 3 is 2.74 bits per heavy atom. The van der Waals surface area contributed by atoms with Gasteiger partial charge in [0.1, 0.15) is 17.9 Å². The van der Waals surface area contributed by atoms with Crippen LogP contribution in [0.15, 0.2) is 30.6 Å². The van der Waals surface area contributed by atoms with Gasteiger partial charge >= 0.3 is 0 Å². The van der Waals surface area contributed by atoms with Gasteiger partial charge in [0.15, 0.2) is 0 Å². The molecule has 1 atom stereocenters.